The number of benzene rings is 1. The Morgan fingerprint density at radius 2 is 1.76 bits per heavy atom. The quantitative estimate of drug-likeness (QED) is 0.121. The summed E-state index contributed by atoms with van der Waals surface area (Å²) in [6.45, 7) is 16.7. The molecule has 9 heteroatoms. The molecule has 0 saturated heterocycles. The molecule has 1 saturated carbocycles. The number of nitrogens with one attached hydrogen (secondary N) is 2. The van der Waals surface area contributed by atoms with Crippen LogP contribution in [0.15, 0.2) is 30.4 Å². The van der Waals surface area contributed by atoms with Gasteiger partial charge < -0.3 is 20.1 Å². The van der Waals surface area contributed by atoms with Crippen LogP contribution in [0, 0.1) is 17.8 Å². The highest BCUT2D eigenvalue weighted by Gasteiger charge is 2.33. The third kappa shape index (κ3) is 14.4. The van der Waals surface area contributed by atoms with Gasteiger partial charge in [-0.3, -0.25) is 13.8 Å². The summed E-state index contributed by atoms with van der Waals surface area (Å²) >= 11 is 1.68. The van der Waals surface area contributed by atoms with Gasteiger partial charge in [0, 0.05) is 33.4 Å². The molecule has 2 amide bonds. The van der Waals surface area contributed by atoms with Crippen molar-refractivity contribution in [2.45, 2.75) is 130 Å². The molecule has 2 aliphatic rings. The molecular formula is C37H62N2O5S2. The second-order valence-corrected chi connectivity index (χ2v) is 16.5. The van der Waals surface area contributed by atoms with E-state index in [1.54, 1.807) is 18.7 Å². The summed E-state index contributed by atoms with van der Waals surface area (Å²) in [5, 5.41) is 6.26. The molecule has 3 rings (SSSR count). The lowest BCUT2D eigenvalue weighted by atomic mass is 9.74. The minimum atomic E-state index is -0.743. The number of hydrogen-bond acceptors (Lipinski definition) is 6. The molecule has 0 bridgehead atoms. The van der Waals surface area contributed by atoms with Gasteiger partial charge >= 0.3 is 0 Å². The second-order valence-electron chi connectivity index (χ2n) is 13.6. The van der Waals surface area contributed by atoms with Crippen molar-refractivity contribution in [3.63, 3.8) is 0 Å². The van der Waals surface area contributed by atoms with Crippen molar-refractivity contribution in [2.24, 2.45) is 17.8 Å². The van der Waals surface area contributed by atoms with E-state index in [9.17, 15) is 13.8 Å². The highest BCUT2D eigenvalue weighted by Crippen LogP contribution is 2.34. The van der Waals surface area contributed by atoms with E-state index in [2.05, 4.69) is 51.8 Å². The van der Waals surface area contributed by atoms with Gasteiger partial charge in [-0.15, -0.1) is 0 Å². The summed E-state index contributed by atoms with van der Waals surface area (Å²) < 4.78 is 23.0. The first-order valence-corrected chi connectivity index (χ1v) is 20.3. The van der Waals surface area contributed by atoms with Crippen LogP contribution in [0.25, 0.3) is 0 Å². The Labute approximate surface area is 286 Å². The maximum atomic E-state index is 12.8. The fourth-order valence-corrected chi connectivity index (χ4v) is 7.90. The Bertz CT molecular complexity index is 1110. The van der Waals surface area contributed by atoms with E-state index < -0.39 is 16.8 Å². The summed E-state index contributed by atoms with van der Waals surface area (Å²) in [7, 11) is -0.743. The van der Waals surface area contributed by atoms with Crippen molar-refractivity contribution in [3.8, 4) is 11.5 Å². The van der Waals surface area contributed by atoms with Crippen LogP contribution < -0.4 is 20.1 Å². The van der Waals surface area contributed by atoms with E-state index in [-0.39, 0.29) is 23.1 Å². The van der Waals surface area contributed by atoms with Crippen molar-refractivity contribution in [3.05, 3.63) is 35.9 Å². The van der Waals surface area contributed by atoms with Crippen LogP contribution in [0.3, 0.4) is 0 Å². The van der Waals surface area contributed by atoms with Crippen LogP contribution in [0.5, 0.6) is 11.5 Å². The van der Waals surface area contributed by atoms with Crippen molar-refractivity contribution in [1.29, 1.82) is 0 Å². The van der Waals surface area contributed by atoms with Crippen LogP contribution in [0.1, 0.15) is 111 Å². The summed E-state index contributed by atoms with van der Waals surface area (Å²) in [6, 6.07) is 5.74. The molecule has 7 nitrogen and oxygen atoms in total. The highest BCUT2D eigenvalue weighted by atomic mass is 32.2. The van der Waals surface area contributed by atoms with Gasteiger partial charge in [0.1, 0.15) is 6.04 Å². The molecule has 5 unspecified atom stereocenters. The smallest absolute Gasteiger partial charge is 0.246 e. The zero-order valence-electron chi connectivity index (χ0n) is 29.7. The lowest BCUT2D eigenvalue weighted by Gasteiger charge is -2.38. The Hall–Kier alpha value is -2.00. The molecule has 1 aliphatic carbocycles. The lowest BCUT2D eigenvalue weighted by molar-refractivity contribution is -0.128. The zero-order chi connectivity index (χ0) is 34.1. The number of carbonyl (C=O) groups is 2. The van der Waals surface area contributed by atoms with Gasteiger partial charge in [-0.1, -0.05) is 85.8 Å². The fraction of sp³-hybridized carbons (Fsp3) is 0.730. The Morgan fingerprint density at radius 3 is 2.43 bits per heavy atom. The predicted molar refractivity (Wildman–Crippen MR) is 195 cm³/mol. The number of amides is 2. The SMILES string of the molecule is C=C(C)C(=O)N[C@@H](CCSC)C(=O)NC1CC(C)CCC1C(C)C.CCCCCCCCS(=O)C(C)Cc1ccc2c(c1)OCO2. The third-order valence-electron chi connectivity index (χ3n) is 9.08. The van der Waals surface area contributed by atoms with Crippen LogP contribution in [-0.2, 0) is 26.8 Å². The first-order chi connectivity index (χ1) is 22.0. The molecule has 262 valence electrons. The Balaban J connectivity index is 0.000000321. The molecule has 1 aliphatic heterocycles. The van der Waals surface area contributed by atoms with Crippen molar-refractivity contribution < 1.29 is 23.3 Å². The van der Waals surface area contributed by atoms with Gasteiger partial charge in [0.05, 0.1) is 0 Å². The first kappa shape index (κ1) is 40.2. The van der Waals surface area contributed by atoms with Crippen molar-refractivity contribution in [2.75, 3.05) is 24.6 Å². The van der Waals surface area contributed by atoms with Gasteiger partial charge in [-0.2, -0.15) is 11.8 Å². The van der Waals surface area contributed by atoms with Gasteiger partial charge in [0.15, 0.2) is 11.5 Å². The number of fused-ring (bicyclic) bond motifs is 1. The minimum absolute atomic E-state index is 0.0524. The van der Waals surface area contributed by atoms with E-state index in [1.165, 1.54) is 44.1 Å². The predicted octanol–water partition coefficient (Wildman–Crippen LogP) is 7.83. The molecule has 0 spiro atoms. The van der Waals surface area contributed by atoms with E-state index >= 15 is 0 Å². The van der Waals surface area contributed by atoms with Gasteiger partial charge in [-0.25, -0.2) is 0 Å². The third-order valence-corrected chi connectivity index (χ3v) is 11.5. The molecule has 0 radical (unpaired) electrons. The van der Waals surface area contributed by atoms with E-state index in [0.717, 1.165) is 48.7 Å². The summed E-state index contributed by atoms with van der Waals surface area (Å²) in [5.41, 5.74) is 1.61. The molecule has 1 heterocycles. The molecule has 46 heavy (non-hydrogen) atoms. The van der Waals surface area contributed by atoms with Crippen LogP contribution in [0.4, 0.5) is 0 Å². The van der Waals surface area contributed by atoms with E-state index in [1.807, 2.05) is 24.5 Å². The van der Waals surface area contributed by atoms with Crippen LogP contribution >= 0.6 is 11.8 Å². The average molecular weight is 679 g/mol. The summed E-state index contributed by atoms with van der Waals surface area (Å²) in [6.07, 6.45) is 14.4. The molecule has 0 aromatic heterocycles. The monoisotopic (exact) mass is 678 g/mol. The van der Waals surface area contributed by atoms with Gasteiger partial charge in [0.2, 0.25) is 18.6 Å². The minimum Gasteiger partial charge on any atom is -0.454 e. The zero-order valence-corrected chi connectivity index (χ0v) is 31.3. The number of ether oxygens (including phenoxy) is 2. The van der Waals surface area contributed by atoms with Crippen molar-refractivity contribution in [1.82, 2.24) is 10.6 Å². The summed E-state index contributed by atoms with van der Waals surface area (Å²) in [4.78, 5) is 24.7. The molecular weight excluding hydrogens is 617 g/mol. The lowest BCUT2D eigenvalue weighted by Crippen LogP contribution is -2.53. The molecule has 1 aromatic carbocycles. The second kappa shape index (κ2) is 21.8. The van der Waals surface area contributed by atoms with Gasteiger partial charge in [0.25, 0.3) is 0 Å². The van der Waals surface area contributed by atoms with E-state index in [0.29, 0.717) is 36.5 Å². The Morgan fingerprint density at radius 1 is 1.07 bits per heavy atom. The highest BCUT2D eigenvalue weighted by molar-refractivity contribution is 7.98. The molecule has 1 aromatic rings. The fourth-order valence-electron chi connectivity index (χ4n) is 6.16. The molecule has 1 fully saturated rings. The van der Waals surface area contributed by atoms with Crippen molar-refractivity contribution >= 4 is 34.4 Å². The number of rotatable bonds is 18. The van der Waals surface area contributed by atoms with Crippen LogP contribution in [-0.4, -0.2) is 57.9 Å². The summed E-state index contributed by atoms with van der Waals surface area (Å²) in [5.74, 6) is 4.70. The number of hydrogen-bond donors (Lipinski definition) is 2. The normalized spacial score (nSPS) is 20.7. The molecule has 6 atom stereocenters. The average Bonchev–Trinajstić information content (AvgIpc) is 3.49. The van der Waals surface area contributed by atoms with Gasteiger partial charge in [-0.05, 0) is 86.5 Å². The maximum absolute atomic E-state index is 12.8. The number of thioether (sulfide) groups is 1. The number of carbonyl (C=O) groups excluding carboxylic acids is 2. The molecule has 2 N–H and O–H groups in total. The van der Waals surface area contributed by atoms with E-state index in [4.69, 9.17) is 9.47 Å². The standard InChI is InChI=1S/C19H34N2O2S.C18H28O3S/c1-12(2)15-8-7-14(5)11-17(15)21-19(23)16(9-10-24-6)20-18(22)13(3)4;1-3-4-5-6-7-8-11-22(19)15(2)12-16-9-10-17-18(13-16)21-14-20-17/h12,14-17H,3,7-11H2,1-2,4-6H3,(H,20,22)(H,21,23);9-10,13,15H,3-8,11-12,14H2,1-2H3/t14?,15?,16-,17?;/m0./s1. The van der Waals surface area contributed by atoms with Crippen LogP contribution in [0.2, 0.25) is 0 Å². The Kier molecular flexibility index (Phi) is 19.0. The largest absolute Gasteiger partial charge is 0.454 e. The number of unbranched alkanes of at least 4 members (excludes halogenated alkanes) is 5. The first-order valence-electron chi connectivity index (χ1n) is 17.5. The maximum Gasteiger partial charge on any atom is 0.246 e. The topological polar surface area (TPSA) is 93.7 Å².